The van der Waals surface area contributed by atoms with E-state index in [0.717, 1.165) is 16.9 Å². The molecule has 0 atom stereocenters. The van der Waals surface area contributed by atoms with Gasteiger partial charge in [0.05, 0.1) is 11.9 Å². The Morgan fingerprint density at radius 2 is 1.72 bits per heavy atom. The predicted octanol–water partition coefficient (Wildman–Crippen LogP) is 3.68. The van der Waals surface area contributed by atoms with Gasteiger partial charge < -0.3 is 5.73 Å². The van der Waals surface area contributed by atoms with Gasteiger partial charge in [-0.05, 0) is 39.0 Å². The van der Waals surface area contributed by atoms with E-state index in [2.05, 4.69) is 5.10 Å². The second-order valence-electron chi connectivity index (χ2n) is 4.90. The van der Waals surface area contributed by atoms with Gasteiger partial charge in [-0.1, -0.05) is 23.2 Å². The molecule has 1 aromatic carbocycles. The lowest BCUT2D eigenvalue weighted by molar-refractivity contribution is 0.550. The van der Waals surface area contributed by atoms with Crippen LogP contribution >= 0.6 is 23.2 Å². The summed E-state index contributed by atoms with van der Waals surface area (Å²) in [6.07, 6.45) is 1.78. The maximum atomic E-state index is 6.10. The normalized spacial score (nSPS) is 11.9. The molecule has 2 N–H and O–H groups in total. The van der Waals surface area contributed by atoms with E-state index < -0.39 is 5.54 Å². The molecule has 0 saturated heterocycles. The van der Waals surface area contributed by atoms with Gasteiger partial charge >= 0.3 is 0 Å². The molecule has 0 aliphatic rings. The molecule has 1 aromatic heterocycles. The molecule has 0 saturated carbocycles. The van der Waals surface area contributed by atoms with Crippen molar-refractivity contribution in [1.29, 1.82) is 0 Å². The van der Waals surface area contributed by atoms with Gasteiger partial charge in [-0.25, -0.2) is 4.68 Å². The van der Waals surface area contributed by atoms with Gasteiger partial charge in [-0.2, -0.15) is 5.10 Å². The number of benzene rings is 1. The zero-order chi connectivity index (χ0) is 13.5. The van der Waals surface area contributed by atoms with Gasteiger partial charge in [0.15, 0.2) is 0 Å². The first-order chi connectivity index (χ1) is 8.29. The van der Waals surface area contributed by atoms with Crippen molar-refractivity contribution >= 4 is 23.2 Å². The molecular formula is C13H15Cl2N3. The van der Waals surface area contributed by atoms with Crippen LogP contribution in [0.15, 0.2) is 24.4 Å². The van der Waals surface area contributed by atoms with Crippen LogP contribution in [0.1, 0.15) is 25.1 Å². The summed E-state index contributed by atoms with van der Waals surface area (Å²) in [5.41, 5.74) is 8.50. The Labute approximate surface area is 117 Å². The maximum Gasteiger partial charge on any atom is 0.0678 e. The third-order valence-corrected chi connectivity index (χ3v) is 3.23. The number of hydrogen-bond donors (Lipinski definition) is 1. The first-order valence-corrected chi connectivity index (χ1v) is 6.35. The zero-order valence-electron chi connectivity index (χ0n) is 10.5. The van der Waals surface area contributed by atoms with Crippen LogP contribution in [0.5, 0.6) is 0 Å². The van der Waals surface area contributed by atoms with Crippen molar-refractivity contribution in [3.8, 4) is 5.69 Å². The highest BCUT2D eigenvalue weighted by atomic mass is 35.5. The Hall–Kier alpha value is -1.03. The summed E-state index contributed by atoms with van der Waals surface area (Å²) in [7, 11) is 0. The number of nitrogens with two attached hydrogens (primary N) is 1. The Balaban J connectivity index is 2.56. The predicted molar refractivity (Wildman–Crippen MR) is 75.5 cm³/mol. The number of halogens is 2. The number of rotatable bonds is 2. The van der Waals surface area contributed by atoms with Crippen LogP contribution in [-0.2, 0) is 5.54 Å². The molecule has 0 radical (unpaired) electrons. The Morgan fingerprint density at radius 1 is 1.17 bits per heavy atom. The van der Waals surface area contributed by atoms with Crippen molar-refractivity contribution in [3.63, 3.8) is 0 Å². The van der Waals surface area contributed by atoms with E-state index in [9.17, 15) is 0 Å². The highest BCUT2D eigenvalue weighted by molar-refractivity contribution is 6.34. The highest BCUT2D eigenvalue weighted by Gasteiger charge is 2.20. The Kier molecular flexibility index (Phi) is 3.41. The molecule has 0 spiro atoms. The van der Waals surface area contributed by atoms with Gasteiger partial charge in [0.2, 0.25) is 0 Å². The lowest BCUT2D eigenvalue weighted by Gasteiger charge is -2.18. The molecule has 1 heterocycles. The summed E-state index contributed by atoms with van der Waals surface area (Å²) >= 11 is 12.0. The fraction of sp³-hybridized carbons (Fsp3) is 0.308. The molecule has 2 rings (SSSR count). The molecule has 0 aliphatic carbocycles. The third kappa shape index (κ3) is 2.53. The van der Waals surface area contributed by atoms with E-state index >= 15 is 0 Å². The first-order valence-electron chi connectivity index (χ1n) is 5.59. The summed E-state index contributed by atoms with van der Waals surface area (Å²) in [6, 6.07) is 5.33. The topological polar surface area (TPSA) is 43.8 Å². The highest BCUT2D eigenvalue weighted by Crippen LogP contribution is 2.26. The van der Waals surface area contributed by atoms with Crippen molar-refractivity contribution < 1.29 is 0 Å². The van der Waals surface area contributed by atoms with Crippen LogP contribution in [0.2, 0.25) is 10.0 Å². The van der Waals surface area contributed by atoms with Crippen LogP contribution in [0.4, 0.5) is 0 Å². The lowest BCUT2D eigenvalue weighted by atomic mass is 9.97. The summed E-state index contributed by atoms with van der Waals surface area (Å²) in [4.78, 5) is 0. The van der Waals surface area contributed by atoms with Crippen LogP contribution in [0, 0.1) is 6.92 Å². The maximum absolute atomic E-state index is 6.10. The molecule has 5 heteroatoms. The average molecular weight is 284 g/mol. The molecule has 2 aromatic rings. The van der Waals surface area contributed by atoms with Crippen molar-refractivity contribution in [2.45, 2.75) is 26.3 Å². The van der Waals surface area contributed by atoms with E-state index in [1.165, 1.54) is 0 Å². The minimum Gasteiger partial charge on any atom is -0.322 e. The van der Waals surface area contributed by atoms with E-state index in [4.69, 9.17) is 28.9 Å². The van der Waals surface area contributed by atoms with Gasteiger partial charge in [-0.15, -0.1) is 0 Å². The summed E-state index contributed by atoms with van der Waals surface area (Å²) in [5.74, 6) is 0. The molecular weight excluding hydrogens is 269 g/mol. The summed E-state index contributed by atoms with van der Waals surface area (Å²) in [6.45, 7) is 5.88. The monoisotopic (exact) mass is 283 g/mol. The van der Waals surface area contributed by atoms with Crippen LogP contribution < -0.4 is 5.73 Å². The molecule has 96 valence electrons. The van der Waals surface area contributed by atoms with E-state index in [-0.39, 0.29) is 0 Å². The molecule has 0 amide bonds. The number of nitrogens with zero attached hydrogens (tertiary/aromatic N) is 2. The van der Waals surface area contributed by atoms with Gasteiger partial charge in [0.25, 0.3) is 0 Å². The molecule has 18 heavy (non-hydrogen) atoms. The van der Waals surface area contributed by atoms with E-state index in [1.807, 2.05) is 32.9 Å². The second-order valence-corrected chi connectivity index (χ2v) is 5.78. The van der Waals surface area contributed by atoms with Crippen LogP contribution in [0.3, 0.4) is 0 Å². The molecule has 0 bridgehead atoms. The van der Waals surface area contributed by atoms with Crippen LogP contribution in [0.25, 0.3) is 5.69 Å². The SMILES string of the molecule is Cc1c(C(C)(C)N)cnn1-c1cc(Cl)cc(Cl)c1. The number of hydrogen-bond acceptors (Lipinski definition) is 2. The molecule has 0 aliphatic heterocycles. The quantitative estimate of drug-likeness (QED) is 0.914. The van der Waals surface area contributed by atoms with Gasteiger partial charge in [-0.3, -0.25) is 0 Å². The largest absolute Gasteiger partial charge is 0.322 e. The minimum atomic E-state index is -0.426. The molecule has 0 unspecified atom stereocenters. The van der Waals surface area contributed by atoms with Gasteiger partial charge in [0.1, 0.15) is 0 Å². The summed E-state index contributed by atoms with van der Waals surface area (Å²) < 4.78 is 1.79. The smallest absolute Gasteiger partial charge is 0.0678 e. The summed E-state index contributed by atoms with van der Waals surface area (Å²) in [5, 5.41) is 5.52. The minimum absolute atomic E-state index is 0.426. The molecule has 3 nitrogen and oxygen atoms in total. The van der Waals surface area contributed by atoms with E-state index in [1.54, 1.807) is 16.9 Å². The molecule has 0 fully saturated rings. The fourth-order valence-corrected chi connectivity index (χ4v) is 2.48. The first kappa shape index (κ1) is 13.4. The third-order valence-electron chi connectivity index (χ3n) is 2.80. The zero-order valence-corrected chi connectivity index (χ0v) is 12.0. The standard InChI is InChI=1S/C13H15Cl2N3/c1-8-12(13(2,3)16)7-17-18(8)11-5-9(14)4-10(15)6-11/h4-7H,16H2,1-3H3. The second kappa shape index (κ2) is 4.57. The van der Waals surface area contributed by atoms with Crippen molar-refractivity contribution in [3.05, 3.63) is 45.7 Å². The Morgan fingerprint density at radius 3 is 2.17 bits per heavy atom. The average Bonchev–Trinajstić information content (AvgIpc) is 2.57. The van der Waals surface area contributed by atoms with Crippen LogP contribution in [-0.4, -0.2) is 9.78 Å². The Bertz CT molecular complexity index is 562. The van der Waals surface area contributed by atoms with Gasteiger partial charge in [0, 0.05) is 26.8 Å². The van der Waals surface area contributed by atoms with Crippen molar-refractivity contribution in [1.82, 2.24) is 9.78 Å². The van der Waals surface area contributed by atoms with Crippen molar-refractivity contribution in [2.24, 2.45) is 5.73 Å². The number of aromatic nitrogens is 2. The fourth-order valence-electron chi connectivity index (χ4n) is 1.96. The van der Waals surface area contributed by atoms with E-state index in [0.29, 0.717) is 10.0 Å². The van der Waals surface area contributed by atoms with Crippen molar-refractivity contribution in [2.75, 3.05) is 0 Å². The lowest BCUT2D eigenvalue weighted by Crippen LogP contribution is -2.29.